The van der Waals surface area contributed by atoms with E-state index in [1.54, 1.807) is 32.1 Å². The Hall–Kier alpha value is -4.79. The molecular weight excluding hydrogens is 470 g/mol. The monoisotopic (exact) mass is 497 g/mol. The van der Waals surface area contributed by atoms with Crippen LogP contribution in [0.5, 0.6) is 17.2 Å². The molecule has 0 bridgehead atoms. The molecule has 0 saturated heterocycles. The van der Waals surface area contributed by atoms with Crippen molar-refractivity contribution in [3.8, 4) is 28.6 Å². The first-order chi connectivity index (χ1) is 18.0. The van der Waals surface area contributed by atoms with Crippen LogP contribution in [0.3, 0.4) is 0 Å². The number of methoxy groups -OCH3 is 3. The van der Waals surface area contributed by atoms with Crippen LogP contribution < -0.4 is 24.8 Å². The van der Waals surface area contributed by atoms with E-state index in [1.165, 1.54) is 0 Å². The number of allylic oxidation sites excluding steroid dienone is 1. The summed E-state index contributed by atoms with van der Waals surface area (Å²) in [5, 5.41) is 11.1. The third kappa shape index (κ3) is 4.71. The number of benzene rings is 3. The van der Waals surface area contributed by atoms with Crippen LogP contribution in [0, 0.1) is 0 Å². The van der Waals surface area contributed by atoms with E-state index in [2.05, 4.69) is 10.6 Å². The molecule has 1 atom stereocenters. The number of carbonyl (C=O) groups excluding carboxylic acids is 1. The Morgan fingerprint density at radius 3 is 2.16 bits per heavy atom. The fourth-order valence-corrected chi connectivity index (χ4v) is 4.32. The van der Waals surface area contributed by atoms with Crippen LogP contribution in [-0.2, 0) is 4.79 Å². The van der Waals surface area contributed by atoms with Gasteiger partial charge in [-0.1, -0.05) is 30.3 Å². The summed E-state index contributed by atoms with van der Waals surface area (Å²) in [4.78, 5) is 18.4. The van der Waals surface area contributed by atoms with Crippen LogP contribution >= 0.6 is 0 Å². The third-order valence-electron chi connectivity index (χ3n) is 6.17. The van der Waals surface area contributed by atoms with Crippen molar-refractivity contribution in [2.75, 3.05) is 32.0 Å². The van der Waals surface area contributed by atoms with Gasteiger partial charge in [0, 0.05) is 23.0 Å². The summed E-state index contributed by atoms with van der Waals surface area (Å²) in [7, 11) is 4.80. The molecule has 188 valence electrons. The summed E-state index contributed by atoms with van der Waals surface area (Å²) in [6, 6.07) is 21.9. The second-order valence-electron chi connectivity index (χ2n) is 8.46. The topological polar surface area (TPSA) is 99.5 Å². The molecule has 0 radical (unpaired) electrons. The molecular formula is C28H27N5O4. The van der Waals surface area contributed by atoms with E-state index in [0.29, 0.717) is 40.2 Å². The first kappa shape index (κ1) is 23.9. The quantitative estimate of drug-likeness (QED) is 0.375. The number of ether oxygens (including phenoxy) is 3. The van der Waals surface area contributed by atoms with Crippen LogP contribution in [0.2, 0.25) is 0 Å². The van der Waals surface area contributed by atoms with Crippen LogP contribution in [0.1, 0.15) is 18.5 Å². The van der Waals surface area contributed by atoms with Crippen LogP contribution in [0.25, 0.3) is 11.4 Å². The van der Waals surface area contributed by atoms with Gasteiger partial charge in [-0.2, -0.15) is 4.98 Å². The van der Waals surface area contributed by atoms with Gasteiger partial charge >= 0.3 is 0 Å². The van der Waals surface area contributed by atoms with Crippen molar-refractivity contribution in [3.63, 3.8) is 0 Å². The lowest BCUT2D eigenvalue weighted by Crippen LogP contribution is -2.31. The normalized spacial score (nSPS) is 14.4. The van der Waals surface area contributed by atoms with Gasteiger partial charge in [0.15, 0.2) is 5.82 Å². The molecule has 2 heterocycles. The Kier molecular flexibility index (Phi) is 6.51. The highest BCUT2D eigenvalue weighted by atomic mass is 16.5. The lowest BCUT2D eigenvalue weighted by molar-refractivity contribution is -0.113. The number of fused-ring (bicyclic) bond motifs is 1. The Balaban J connectivity index is 1.61. The van der Waals surface area contributed by atoms with Crippen LogP contribution in [0.4, 0.5) is 11.6 Å². The highest BCUT2D eigenvalue weighted by Crippen LogP contribution is 2.38. The molecule has 2 N–H and O–H groups in total. The molecule has 1 unspecified atom stereocenters. The largest absolute Gasteiger partial charge is 0.497 e. The Bertz CT molecular complexity index is 1440. The number of nitrogens with zero attached hydrogens (tertiary/aromatic N) is 3. The van der Waals surface area contributed by atoms with Crippen molar-refractivity contribution < 1.29 is 19.0 Å². The molecule has 1 amide bonds. The number of nitrogens with one attached hydrogen (secondary N) is 2. The maximum Gasteiger partial charge on any atom is 0.255 e. The van der Waals surface area contributed by atoms with Gasteiger partial charge in [-0.25, -0.2) is 4.68 Å². The zero-order chi connectivity index (χ0) is 25.9. The molecule has 9 nitrogen and oxygen atoms in total. The van der Waals surface area contributed by atoms with Crippen molar-refractivity contribution in [3.05, 3.63) is 89.6 Å². The van der Waals surface area contributed by atoms with Gasteiger partial charge in [-0.15, -0.1) is 5.10 Å². The van der Waals surface area contributed by atoms with Crippen molar-refractivity contribution >= 4 is 17.5 Å². The summed E-state index contributed by atoms with van der Waals surface area (Å²) in [5.41, 5.74) is 3.50. The summed E-state index contributed by atoms with van der Waals surface area (Å²) >= 11 is 0. The van der Waals surface area contributed by atoms with Crippen molar-refractivity contribution in [1.29, 1.82) is 0 Å². The first-order valence-corrected chi connectivity index (χ1v) is 11.7. The molecule has 37 heavy (non-hydrogen) atoms. The number of para-hydroxylation sites is 1. The Morgan fingerprint density at radius 2 is 1.54 bits per heavy atom. The molecule has 0 aliphatic carbocycles. The van der Waals surface area contributed by atoms with Crippen molar-refractivity contribution in [2.45, 2.75) is 13.0 Å². The average Bonchev–Trinajstić information content (AvgIpc) is 3.36. The number of anilines is 2. The summed E-state index contributed by atoms with van der Waals surface area (Å²) in [6.45, 7) is 1.86. The number of carbonyl (C=O) groups is 1. The Morgan fingerprint density at radius 1 is 0.892 bits per heavy atom. The average molecular weight is 498 g/mol. The van der Waals surface area contributed by atoms with Gasteiger partial charge < -0.3 is 24.8 Å². The predicted molar refractivity (Wildman–Crippen MR) is 141 cm³/mol. The second kappa shape index (κ2) is 10.1. The highest BCUT2D eigenvalue weighted by Gasteiger charge is 2.34. The van der Waals surface area contributed by atoms with E-state index in [9.17, 15) is 4.79 Å². The molecule has 4 aromatic rings. The molecule has 1 aliphatic heterocycles. The minimum absolute atomic E-state index is 0.234. The fraction of sp³-hybridized carbons (Fsp3) is 0.179. The molecule has 0 spiro atoms. The summed E-state index contributed by atoms with van der Waals surface area (Å²) in [5.74, 6) is 2.72. The van der Waals surface area contributed by atoms with E-state index < -0.39 is 6.04 Å². The van der Waals surface area contributed by atoms with Crippen molar-refractivity contribution in [2.24, 2.45) is 0 Å². The molecule has 3 aromatic carbocycles. The smallest absolute Gasteiger partial charge is 0.255 e. The number of hydrogen-bond acceptors (Lipinski definition) is 7. The summed E-state index contributed by atoms with van der Waals surface area (Å²) < 4.78 is 17.9. The fourth-order valence-electron chi connectivity index (χ4n) is 4.32. The first-order valence-electron chi connectivity index (χ1n) is 11.7. The van der Waals surface area contributed by atoms with E-state index in [4.69, 9.17) is 24.3 Å². The van der Waals surface area contributed by atoms with E-state index in [0.717, 1.165) is 16.9 Å². The maximum atomic E-state index is 13.6. The van der Waals surface area contributed by atoms with Gasteiger partial charge in [-0.3, -0.25) is 4.79 Å². The molecule has 9 heteroatoms. The third-order valence-corrected chi connectivity index (χ3v) is 6.17. The van der Waals surface area contributed by atoms with Crippen LogP contribution in [0.15, 0.2) is 84.1 Å². The Labute approximate surface area is 214 Å². The minimum Gasteiger partial charge on any atom is -0.497 e. The maximum absolute atomic E-state index is 13.6. The van der Waals surface area contributed by atoms with Gasteiger partial charge in [0.1, 0.15) is 23.3 Å². The van der Waals surface area contributed by atoms with E-state index in [1.807, 2.05) is 73.7 Å². The molecule has 1 aliphatic rings. The van der Waals surface area contributed by atoms with Crippen molar-refractivity contribution in [1.82, 2.24) is 14.8 Å². The molecule has 0 fully saturated rings. The lowest BCUT2D eigenvalue weighted by atomic mass is 9.95. The SMILES string of the molecule is COc1ccc(C2C(C(=O)Nc3ccccc3)=C(C)Nc3nc(-c4cc(OC)cc(OC)c4)nn32)cc1. The minimum atomic E-state index is -0.528. The van der Waals surface area contributed by atoms with Gasteiger partial charge in [0.25, 0.3) is 5.91 Å². The highest BCUT2D eigenvalue weighted by molar-refractivity contribution is 6.06. The second-order valence-corrected chi connectivity index (χ2v) is 8.46. The van der Waals surface area contributed by atoms with Crippen LogP contribution in [-0.4, -0.2) is 42.0 Å². The molecule has 5 rings (SSSR count). The predicted octanol–water partition coefficient (Wildman–Crippen LogP) is 4.90. The van der Waals surface area contributed by atoms with Gasteiger partial charge in [-0.05, 0) is 48.9 Å². The molecule has 1 aromatic heterocycles. The number of rotatable bonds is 7. The summed E-state index contributed by atoms with van der Waals surface area (Å²) in [6.07, 6.45) is 0. The zero-order valence-electron chi connectivity index (χ0n) is 21.0. The number of amides is 1. The molecule has 0 saturated carbocycles. The zero-order valence-corrected chi connectivity index (χ0v) is 21.0. The number of hydrogen-bond donors (Lipinski definition) is 2. The standard InChI is InChI=1S/C28H27N5O4/c1-17-24(27(34)30-20-8-6-5-7-9-20)25(18-10-12-21(35-2)13-11-18)33-28(29-17)31-26(32-33)19-14-22(36-3)16-23(15-19)37-4/h5-16,25H,1-4H3,(H,30,34)(H,29,31,32). The van der Waals surface area contributed by atoms with Gasteiger partial charge in [0.2, 0.25) is 5.95 Å². The lowest BCUT2D eigenvalue weighted by Gasteiger charge is -2.28. The van der Waals surface area contributed by atoms with Gasteiger partial charge in [0.05, 0.1) is 26.9 Å². The van der Waals surface area contributed by atoms with E-state index in [-0.39, 0.29) is 5.91 Å². The van der Waals surface area contributed by atoms with E-state index >= 15 is 0 Å². The number of aromatic nitrogens is 3.